The second kappa shape index (κ2) is 4.67. The number of methoxy groups -OCH3 is 1. The number of nitrogens with zero attached hydrogens (tertiary/aromatic N) is 2. The second-order valence-electron chi connectivity index (χ2n) is 3.97. The molecule has 0 spiro atoms. The van der Waals surface area contributed by atoms with Gasteiger partial charge in [-0.25, -0.2) is 9.37 Å². The summed E-state index contributed by atoms with van der Waals surface area (Å²) in [4.78, 5) is 16.8. The molecule has 92 valence electrons. The minimum atomic E-state index is -0.565. The Hall–Kier alpha value is -1.69. The molecule has 0 saturated carbocycles. The minimum absolute atomic E-state index is 0.131. The number of amides is 1. The SMILES string of the molecule is CO[C@H]1C[C@@H](C(N)=O)N(c2ncccc2F)C1. The highest BCUT2D eigenvalue weighted by molar-refractivity contribution is 5.84. The van der Waals surface area contributed by atoms with Gasteiger partial charge in [-0.15, -0.1) is 0 Å². The number of hydrogen-bond donors (Lipinski definition) is 1. The van der Waals surface area contributed by atoms with Gasteiger partial charge in [0.1, 0.15) is 6.04 Å². The smallest absolute Gasteiger partial charge is 0.240 e. The topological polar surface area (TPSA) is 68.5 Å². The Morgan fingerprint density at radius 1 is 1.71 bits per heavy atom. The number of halogens is 1. The molecular weight excluding hydrogens is 225 g/mol. The van der Waals surface area contributed by atoms with Crippen molar-refractivity contribution in [1.29, 1.82) is 0 Å². The Kier molecular flexibility index (Phi) is 3.23. The molecular formula is C11H14FN3O2. The largest absolute Gasteiger partial charge is 0.380 e. The Balaban J connectivity index is 2.30. The van der Waals surface area contributed by atoms with E-state index in [1.54, 1.807) is 12.0 Å². The Bertz CT molecular complexity index is 427. The van der Waals surface area contributed by atoms with Crippen molar-refractivity contribution in [1.82, 2.24) is 4.98 Å². The molecule has 1 aliphatic rings. The highest BCUT2D eigenvalue weighted by atomic mass is 19.1. The first kappa shape index (κ1) is 11.8. The number of aromatic nitrogens is 1. The standard InChI is InChI=1S/C11H14FN3O2/c1-17-7-5-9(10(13)16)15(6-7)11-8(12)3-2-4-14-11/h2-4,7,9H,5-6H2,1H3,(H2,13,16)/t7-,9-/m0/s1. The first-order valence-corrected chi connectivity index (χ1v) is 5.32. The fourth-order valence-corrected chi connectivity index (χ4v) is 2.06. The summed E-state index contributed by atoms with van der Waals surface area (Å²) in [6.45, 7) is 0.415. The maximum atomic E-state index is 13.6. The lowest BCUT2D eigenvalue weighted by atomic mass is 10.2. The van der Waals surface area contributed by atoms with Crippen molar-refractivity contribution >= 4 is 11.7 Å². The summed E-state index contributed by atoms with van der Waals surface area (Å²) >= 11 is 0. The number of ether oxygens (including phenoxy) is 1. The van der Waals surface area contributed by atoms with Crippen LogP contribution in [0.3, 0.4) is 0 Å². The van der Waals surface area contributed by atoms with Crippen LogP contribution in [-0.2, 0) is 9.53 Å². The molecule has 1 saturated heterocycles. The van der Waals surface area contributed by atoms with Gasteiger partial charge in [-0.05, 0) is 12.1 Å². The Morgan fingerprint density at radius 2 is 2.47 bits per heavy atom. The van der Waals surface area contributed by atoms with Crippen molar-refractivity contribution in [2.75, 3.05) is 18.6 Å². The minimum Gasteiger partial charge on any atom is -0.380 e. The van der Waals surface area contributed by atoms with Gasteiger partial charge in [-0.2, -0.15) is 0 Å². The Labute approximate surface area is 98.4 Å². The highest BCUT2D eigenvalue weighted by Crippen LogP contribution is 2.27. The molecule has 1 fully saturated rings. The van der Waals surface area contributed by atoms with Gasteiger partial charge in [0.2, 0.25) is 5.91 Å². The molecule has 0 bridgehead atoms. The summed E-state index contributed by atoms with van der Waals surface area (Å²) < 4.78 is 18.8. The van der Waals surface area contributed by atoms with E-state index >= 15 is 0 Å². The molecule has 0 aliphatic carbocycles. The predicted octanol–water partition coefficient (Wildman–Crippen LogP) is 0.300. The lowest BCUT2D eigenvalue weighted by molar-refractivity contribution is -0.119. The number of anilines is 1. The van der Waals surface area contributed by atoms with Crippen LogP contribution < -0.4 is 10.6 Å². The lowest BCUT2D eigenvalue weighted by Gasteiger charge is -2.23. The van der Waals surface area contributed by atoms with E-state index in [-0.39, 0.29) is 11.9 Å². The van der Waals surface area contributed by atoms with Gasteiger partial charge in [0.25, 0.3) is 0 Å². The van der Waals surface area contributed by atoms with Crippen LogP contribution in [0.4, 0.5) is 10.2 Å². The molecule has 0 aromatic carbocycles. The molecule has 1 aromatic rings. The van der Waals surface area contributed by atoms with E-state index in [2.05, 4.69) is 4.98 Å². The van der Waals surface area contributed by atoms with Gasteiger partial charge in [-0.3, -0.25) is 4.79 Å². The van der Waals surface area contributed by atoms with Gasteiger partial charge < -0.3 is 15.4 Å². The zero-order valence-electron chi connectivity index (χ0n) is 9.47. The second-order valence-corrected chi connectivity index (χ2v) is 3.97. The molecule has 1 aromatic heterocycles. The summed E-state index contributed by atoms with van der Waals surface area (Å²) in [6.07, 6.45) is 1.81. The molecule has 1 aliphatic heterocycles. The van der Waals surface area contributed by atoms with Gasteiger partial charge in [0, 0.05) is 26.3 Å². The van der Waals surface area contributed by atoms with Crippen LogP contribution >= 0.6 is 0 Å². The molecule has 0 unspecified atom stereocenters. The summed E-state index contributed by atoms with van der Waals surface area (Å²) in [6, 6.07) is 2.24. The monoisotopic (exact) mass is 239 g/mol. The molecule has 17 heavy (non-hydrogen) atoms. The van der Waals surface area contributed by atoms with E-state index in [4.69, 9.17) is 10.5 Å². The summed E-state index contributed by atoms with van der Waals surface area (Å²) in [7, 11) is 1.56. The third-order valence-corrected chi connectivity index (χ3v) is 2.94. The number of carbonyl (C=O) groups is 1. The number of hydrogen-bond acceptors (Lipinski definition) is 4. The molecule has 2 N–H and O–H groups in total. The quantitative estimate of drug-likeness (QED) is 0.823. The van der Waals surface area contributed by atoms with Crippen LogP contribution in [0.25, 0.3) is 0 Å². The summed E-state index contributed by atoms with van der Waals surface area (Å²) in [5.41, 5.74) is 5.31. The van der Waals surface area contributed by atoms with Crippen molar-refractivity contribution in [3.8, 4) is 0 Å². The maximum Gasteiger partial charge on any atom is 0.240 e. The first-order valence-electron chi connectivity index (χ1n) is 5.32. The van der Waals surface area contributed by atoms with Crippen molar-refractivity contribution < 1.29 is 13.9 Å². The molecule has 2 atom stereocenters. The summed E-state index contributed by atoms with van der Waals surface area (Å²) in [5, 5.41) is 0. The number of carbonyl (C=O) groups excluding carboxylic acids is 1. The average Bonchev–Trinajstić information content (AvgIpc) is 2.73. The number of primary amides is 1. The highest BCUT2D eigenvalue weighted by Gasteiger charge is 2.37. The lowest BCUT2D eigenvalue weighted by Crippen LogP contribution is -2.41. The fraction of sp³-hybridized carbons (Fsp3) is 0.455. The third-order valence-electron chi connectivity index (χ3n) is 2.94. The number of rotatable bonds is 3. The van der Waals surface area contributed by atoms with Crippen molar-refractivity contribution in [2.24, 2.45) is 5.73 Å². The van der Waals surface area contributed by atoms with E-state index < -0.39 is 17.8 Å². The zero-order valence-corrected chi connectivity index (χ0v) is 9.47. The van der Waals surface area contributed by atoms with Gasteiger partial charge in [0.05, 0.1) is 6.10 Å². The van der Waals surface area contributed by atoms with Crippen molar-refractivity contribution in [3.63, 3.8) is 0 Å². The van der Waals surface area contributed by atoms with Crippen LogP contribution in [0.5, 0.6) is 0 Å². The molecule has 2 rings (SSSR count). The van der Waals surface area contributed by atoms with Gasteiger partial charge >= 0.3 is 0 Å². The van der Waals surface area contributed by atoms with E-state index in [0.717, 1.165) is 0 Å². The Morgan fingerprint density at radius 3 is 3.06 bits per heavy atom. The van der Waals surface area contributed by atoms with E-state index in [1.807, 2.05) is 0 Å². The molecule has 6 heteroatoms. The average molecular weight is 239 g/mol. The third kappa shape index (κ3) is 2.21. The number of pyridine rings is 1. The molecule has 1 amide bonds. The van der Waals surface area contributed by atoms with Crippen molar-refractivity contribution in [3.05, 3.63) is 24.1 Å². The van der Waals surface area contributed by atoms with Crippen LogP contribution in [0.2, 0.25) is 0 Å². The summed E-state index contributed by atoms with van der Waals surface area (Å²) in [5.74, 6) is -0.805. The van der Waals surface area contributed by atoms with Gasteiger partial charge in [0.15, 0.2) is 11.6 Å². The van der Waals surface area contributed by atoms with E-state index in [0.29, 0.717) is 13.0 Å². The van der Waals surface area contributed by atoms with Crippen molar-refractivity contribution in [2.45, 2.75) is 18.6 Å². The predicted molar refractivity (Wildman–Crippen MR) is 59.9 cm³/mol. The number of nitrogens with two attached hydrogens (primary N) is 1. The fourth-order valence-electron chi connectivity index (χ4n) is 2.06. The molecule has 5 nitrogen and oxygen atoms in total. The van der Waals surface area contributed by atoms with Crippen LogP contribution in [0, 0.1) is 5.82 Å². The maximum absolute atomic E-state index is 13.6. The van der Waals surface area contributed by atoms with E-state index in [1.165, 1.54) is 18.3 Å². The molecule has 0 radical (unpaired) electrons. The first-order chi connectivity index (χ1) is 8.13. The zero-order chi connectivity index (χ0) is 12.4. The van der Waals surface area contributed by atoms with E-state index in [9.17, 15) is 9.18 Å². The molecule has 2 heterocycles. The normalized spacial score (nSPS) is 24.0. The van der Waals surface area contributed by atoms with Crippen LogP contribution in [0.1, 0.15) is 6.42 Å². The van der Waals surface area contributed by atoms with Gasteiger partial charge in [-0.1, -0.05) is 0 Å². The van der Waals surface area contributed by atoms with Crippen LogP contribution in [0.15, 0.2) is 18.3 Å². The van der Waals surface area contributed by atoms with Crippen LogP contribution in [-0.4, -0.2) is 36.7 Å².